The Kier molecular flexibility index (Phi) is 7.20. The number of hydrogen-bond donors (Lipinski definition) is 2. The Morgan fingerprint density at radius 2 is 1.68 bits per heavy atom. The van der Waals surface area contributed by atoms with E-state index in [0.29, 0.717) is 19.4 Å². The Bertz CT molecular complexity index is 1020. The number of carbonyl (C=O) groups is 3. The van der Waals surface area contributed by atoms with Gasteiger partial charge >= 0.3 is 12.1 Å². The number of nitrogens with zero attached hydrogens (tertiary/aromatic N) is 1. The van der Waals surface area contributed by atoms with E-state index in [-0.39, 0.29) is 18.4 Å². The normalized spacial score (nSPS) is 19.0. The van der Waals surface area contributed by atoms with Crippen LogP contribution in [0.25, 0.3) is 11.1 Å². The topological polar surface area (TPSA) is 95.9 Å². The third-order valence-corrected chi connectivity index (χ3v) is 7.15. The van der Waals surface area contributed by atoms with Crippen LogP contribution in [0.3, 0.4) is 0 Å². The predicted molar refractivity (Wildman–Crippen MR) is 128 cm³/mol. The number of benzene rings is 2. The van der Waals surface area contributed by atoms with Crippen molar-refractivity contribution in [3.63, 3.8) is 0 Å². The van der Waals surface area contributed by atoms with Gasteiger partial charge in [0.05, 0.1) is 0 Å². The lowest BCUT2D eigenvalue weighted by Crippen LogP contribution is -2.56. The number of amides is 2. The number of carboxylic acid groups (broad SMARTS) is 1. The van der Waals surface area contributed by atoms with Crippen molar-refractivity contribution in [1.82, 2.24) is 10.2 Å². The molecule has 2 aromatic rings. The van der Waals surface area contributed by atoms with Crippen molar-refractivity contribution in [3.05, 3.63) is 59.7 Å². The molecule has 2 amide bonds. The Morgan fingerprint density at radius 1 is 1.06 bits per heavy atom. The van der Waals surface area contributed by atoms with Crippen LogP contribution in [0.1, 0.15) is 56.6 Å². The molecule has 1 heterocycles. The third kappa shape index (κ3) is 4.65. The zero-order valence-corrected chi connectivity index (χ0v) is 19.7. The van der Waals surface area contributed by atoms with E-state index in [1.807, 2.05) is 31.2 Å². The zero-order valence-electron chi connectivity index (χ0n) is 19.7. The molecule has 0 aromatic heterocycles. The SMILES string of the molecule is CC[C@H](C)[C@H](NC(=O)[C@H]1CCCCN1C(=O)OCC1c2ccccc2-c2ccccc21)C(=O)O. The second-order valence-electron chi connectivity index (χ2n) is 9.22. The average Bonchev–Trinajstić information content (AvgIpc) is 3.18. The van der Waals surface area contributed by atoms with E-state index >= 15 is 0 Å². The minimum absolute atomic E-state index is 0.0600. The van der Waals surface area contributed by atoms with Crippen LogP contribution in [-0.2, 0) is 14.3 Å². The van der Waals surface area contributed by atoms with Crippen LogP contribution in [0.5, 0.6) is 0 Å². The number of ether oxygens (including phenoxy) is 1. The summed E-state index contributed by atoms with van der Waals surface area (Å²) in [5, 5.41) is 12.2. The molecule has 180 valence electrons. The second kappa shape index (κ2) is 10.3. The van der Waals surface area contributed by atoms with Gasteiger partial charge in [0.1, 0.15) is 18.7 Å². The number of fused-ring (bicyclic) bond motifs is 3. The lowest BCUT2D eigenvalue weighted by molar-refractivity contribution is -0.144. The van der Waals surface area contributed by atoms with Gasteiger partial charge in [-0.25, -0.2) is 9.59 Å². The van der Waals surface area contributed by atoms with Crippen molar-refractivity contribution in [1.29, 1.82) is 0 Å². The van der Waals surface area contributed by atoms with Crippen LogP contribution < -0.4 is 5.32 Å². The molecule has 1 saturated heterocycles. The van der Waals surface area contributed by atoms with E-state index in [1.165, 1.54) is 4.90 Å². The summed E-state index contributed by atoms with van der Waals surface area (Å²) in [7, 11) is 0. The van der Waals surface area contributed by atoms with E-state index in [1.54, 1.807) is 6.92 Å². The first kappa shape index (κ1) is 23.8. The van der Waals surface area contributed by atoms with E-state index in [0.717, 1.165) is 35.1 Å². The van der Waals surface area contributed by atoms with Gasteiger partial charge in [-0.1, -0.05) is 68.8 Å². The summed E-state index contributed by atoms with van der Waals surface area (Å²) in [4.78, 5) is 39.2. The molecular formula is C27H32N2O5. The fourth-order valence-corrected chi connectivity index (χ4v) is 5.03. The standard InChI is InChI=1S/C27H32N2O5/c1-3-17(2)24(26(31)32)28-25(30)23-14-8-9-15-29(23)27(33)34-16-22-20-12-6-4-10-18(20)19-11-5-7-13-21(19)22/h4-7,10-13,17,22-24H,3,8-9,14-16H2,1-2H3,(H,28,30)(H,31,32)/t17-,23+,24-/m0/s1. The van der Waals surface area contributed by atoms with Gasteiger partial charge in [0, 0.05) is 12.5 Å². The molecule has 2 aliphatic rings. The highest BCUT2D eigenvalue weighted by atomic mass is 16.6. The lowest BCUT2D eigenvalue weighted by Gasteiger charge is -2.35. The summed E-state index contributed by atoms with van der Waals surface area (Å²) in [6.45, 7) is 4.28. The number of piperidine rings is 1. The van der Waals surface area contributed by atoms with Gasteiger partial charge < -0.3 is 15.2 Å². The van der Waals surface area contributed by atoms with Gasteiger partial charge in [0.15, 0.2) is 0 Å². The third-order valence-electron chi connectivity index (χ3n) is 7.15. The Labute approximate surface area is 200 Å². The number of carbonyl (C=O) groups excluding carboxylic acids is 2. The maximum atomic E-state index is 13.1. The molecule has 2 N–H and O–H groups in total. The molecule has 0 radical (unpaired) electrons. The Morgan fingerprint density at radius 3 is 2.26 bits per heavy atom. The number of nitrogens with one attached hydrogen (secondary N) is 1. The van der Waals surface area contributed by atoms with Gasteiger partial charge in [-0.05, 0) is 47.4 Å². The molecule has 7 heteroatoms. The van der Waals surface area contributed by atoms with Crippen molar-refractivity contribution in [3.8, 4) is 11.1 Å². The number of hydrogen-bond acceptors (Lipinski definition) is 4. The molecule has 1 aliphatic heterocycles. The first-order valence-corrected chi connectivity index (χ1v) is 12.1. The van der Waals surface area contributed by atoms with Gasteiger partial charge in [0.2, 0.25) is 5.91 Å². The van der Waals surface area contributed by atoms with E-state index in [2.05, 4.69) is 29.6 Å². The van der Waals surface area contributed by atoms with Crippen LogP contribution in [0.15, 0.2) is 48.5 Å². The molecule has 0 spiro atoms. The molecule has 1 aliphatic carbocycles. The van der Waals surface area contributed by atoms with Crippen molar-refractivity contribution < 1.29 is 24.2 Å². The Balaban J connectivity index is 1.46. The fraction of sp³-hybridized carbons (Fsp3) is 0.444. The zero-order chi connectivity index (χ0) is 24.2. The minimum atomic E-state index is -1.06. The molecule has 0 saturated carbocycles. The largest absolute Gasteiger partial charge is 0.480 e. The maximum absolute atomic E-state index is 13.1. The molecule has 4 rings (SSSR count). The van der Waals surface area contributed by atoms with Crippen molar-refractivity contribution in [2.45, 2.75) is 57.5 Å². The molecule has 3 atom stereocenters. The highest BCUT2D eigenvalue weighted by Crippen LogP contribution is 2.44. The van der Waals surface area contributed by atoms with E-state index in [4.69, 9.17) is 4.74 Å². The molecule has 0 unspecified atom stereocenters. The minimum Gasteiger partial charge on any atom is -0.480 e. The number of carboxylic acids is 1. The molecule has 0 bridgehead atoms. The highest BCUT2D eigenvalue weighted by Gasteiger charge is 2.37. The fourth-order valence-electron chi connectivity index (χ4n) is 5.03. The molecule has 7 nitrogen and oxygen atoms in total. The Hall–Kier alpha value is -3.35. The summed E-state index contributed by atoms with van der Waals surface area (Å²) in [5.74, 6) is -1.77. The number of rotatable bonds is 7. The number of likely N-dealkylation sites (tertiary alicyclic amines) is 1. The van der Waals surface area contributed by atoms with Gasteiger partial charge in [0.25, 0.3) is 0 Å². The van der Waals surface area contributed by atoms with Crippen molar-refractivity contribution >= 4 is 18.0 Å². The van der Waals surface area contributed by atoms with Crippen LogP contribution in [-0.4, -0.2) is 53.2 Å². The van der Waals surface area contributed by atoms with Crippen LogP contribution in [0.2, 0.25) is 0 Å². The summed E-state index contributed by atoms with van der Waals surface area (Å²) < 4.78 is 5.77. The second-order valence-corrected chi connectivity index (χ2v) is 9.22. The molecular weight excluding hydrogens is 432 g/mol. The van der Waals surface area contributed by atoms with Gasteiger partial charge in [-0.3, -0.25) is 9.69 Å². The lowest BCUT2D eigenvalue weighted by atomic mass is 9.97. The van der Waals surface area contributed by atoms with Crippen LogP contribution in [0.4, 0.5) is 4.79 Å². The van der Waals surface area contributed by atoms with Crippen LogP contribution in [0, 0.1) is 5.92 Å². The van der Waals surface area contributed by atoms with E-state index < -0.39 is 30.1 Å². The highest BCUT2D eigenvalue weighted by molar-refractivity contribution is 5.89. The van der Waals surface area contributed by atoms with Crippen molar-refractivity contribution in [2.24, 2.45) is 5.92 Å². The summed E-state index contributed by atoms with van der Waals surface area (Å²) in [6, 6.07) is 14.6. The summed E-state index contributed by atoms with van der Waals surface area (Å²) >= 11 is 0. The molecule has 1 fully saturated rings. The maximum Gasteiger partial charge on any atom is 0.410 e. The molecule has 2 aromatic carbocycles. The smallest absolute Gasteiger partial charge is 0.410 e. The molecule has 34 heavy (non-hydrogen) atoms. The summed E-state index contributed by atoms with van der Waals surface area (Å²) in [6.07, 6.45) is 2.16. The van der Waals surface area contributed by atoms with Gasteiger partial charge in [-0.15, -0.1) is 0 Å². The average molecular weight is 465 g/mol. The quantitative estimate of drug-likeness (QED) is 0.633. The summed E-state index contributed by atoms with van der Waals surface area (Å²) in [5.41, 5.74) is 4.56. The van der Waals surface area contributed by atoms with Gasteiger partial charge in [-0.2, -0.15) is 0 Å². The van der Waals surface area contributed by atoms with Crippen LogP contribution >= 0.6 is 0 Å². The monoisotopic (exact) mass is 464 g/mol. The van der Waals surface area contributed by atoms with Crippen molar-refractivity contribution in [2.75, 3.05) is 13.2 Å². The number of aliphatic carboxylic acids is 1. The first-order valence-electron chi connectivity index (χ1n) is 12.1. The first-order chi connectivity index (χ1) is 16.4. The predicted octanol–water partition coefficient (Wildman–Crippen LogP) is 4.41. The van der Waals surface area contributed by atoms with E-state index in [9.17, 15) is 19.5 Å².